The van der Waals surface area contributed by atoms with Crippen LogP contribution in [0.1, 0.15) is 10.6 Å². The summed E-state index contributed by atoms with van der Waals surface area (Å²) in [4.78, 5) is 21.9. The number of anilines is 2. The van der Waals surface area contributed by atoms with Crippen LogP contribution in [0.25, 0.3) is 21.2 Å². The average Bonchev–Trinajstić information content (AvgIpc) is 3.25. The standard InChI is InChI=1S/C24H20N4OS/c1-27-10-11-28(15-18-12-16-4-2-3-5-20(16)24(29)26-18)22-13-17(6-8-21(22)27)23-9-7-19(14-25)30-23/h2-9,12-13H,10-11,15H2,1H3,(H,26,29). The van der Waals surface area contributed by atoms with Gasteiger partial charge in [-0.2, -0.15) is 5.26 Å². The molecule has 0 amide bonds. The summed E-state index contributed by atoms with van der Waals surface area (Å²) in [6, 6.07) is 22.3. The molecule has 30 heavy (non-hydrogen) atoms. The minimum absolute atomic E-state index is 0.0474. The maximum atomic E-state index is 12.5. The van der Waals surface area contributed by atoms with Gasteiger partial charge < -0.3 is 14.8 Å². The van der Waals surface area contributed by atoms with E-state index in [0.29, 0.717) is 16.8 Å². The van der Waals surface area contributed by atoms with Crippen molar-refractivity contribution >= 4 is 33.5 Å². The van der Waals surface area contributed by atoms with Crippen molar-refractivity contribution in [1.82, 2.24) is 4.98 Å². The molecule has 148 valence electrons. The van der Waals surface area contributed by atoms with Crippen LogP contribution in [0.15, 0.2) is 65.5 Å². The minimum Gasteiger partial charge on any atom is -0.371 e. The van der Waals surface area contributed by atoms with Gasteiger partial charge in [0.25, 0.3) is 5.56 Å². The van der Waals surface area contributed by atoms with Gasteiger partial charge >= 0.3 is 0 Å². The fourth-order valence-electron chi connectivity index (χ4n) is 4.04. The Bertz CT molecular complexity index is 1350. The number of pyridine rings is 1. The Morgan fingerprint density at radius 1 is 1.07 bits per heavy atom. The number of benzene rings is 2. The smallest absolute Gasteiger partial charge is 0.256 e. The molecule has 5 rings (SSSR count). The molecule has 2 aromatic carbocycles. The topological polar surface area (TPSA) is 63.1 Å². The molecule has 0 unspecified atom stereocenters. The number of nitrogens with zero attached hydrogens (tertiary/aromatic N) is 3. The van der Waals surface area contributed by atoms with E-state index in [2.05, 4.69) is 52.2 Å². The number of aromatic nitrogens is 1. The zero-order chi connectivity index (χ0) is 20.7. The molecule has 0 saturated carbocycles. The molecule has 0 atom stereocenters. The first kappa shape index (κ1) is 18.5. The van der Waals surface area contributed by atoms with Gasteiger partial charge in [0.1, 0.15) is 10.9 Å². The van der Waals surface area contributed by atoms with Gasteiger partial charge in [-0.05, 0) is 47.3 Å². The highest BCUT2D eigenvalue weighted by molar-refractivity contribution is 7.16. The Labute approximate surface area is 178 Å². The van der Waals surface area contributed by atoms with Crippen LogP contribution in [0.4, 0.5) is 11.4 Å². The second-order valence-corrected chi connectivity index (χ2v) is 8.62. The van der Waals surface area contributed by atoms with Gasteiger partial charge in [-0.1, -0.05) is 24.3 Å². The van der Waals surface area contributed by atoms with Gasteiger partial charge in [-0.25, -0.2) is 0 Å². The number of thiophene rings is 1. The minimum atomic E-state index is -0.0474. The molecule has 0 bridgehead atoms. The highest BCUT2D eigenvalue weighted by Crippen LogP contribution is 2.38. The number of rotatable bonds is 3. The molecule has 6 heteroatoms. The van der Waals surface area contributed by atoms with Crippen LogP contribution in [0, 0.1) is 11.3 Å². The molecule has 2 aromatic heterocycles. The number of fused-ring (bicyclic) bond motifs is 2. The second-order valence-electron chi connectivity index (χ2n) is 7.53. The first-order valence-corrected chi connectivity index (χ1v) is 10.7. The molecule has 5 nitrogen and oxygen atoms in total. The van der Waals surface area contributed by atoms with E-state index in [-0.39, 0.29) is 5.56 Å². The van der Waals surface area contributed by atoms with E-state index in [1.807, 2.05) is 36.4 Å². The number of nitriles is 1. The lowest BCUT2D eigenvalue weighted by atomic mass is 10.1. The second kappa shape index (κ2) is 7.36. The Morgan fingerprint density at radius 3 is 2.77 bits per heavy atom. The normalized spacial score (nSPS) is 13.3. The average molecular weight is 413 g/mol. The third kappa shape index (κ3) is 3.23. The Hall–Kier alpha value is -3.56. The van der Waals surface area contributed by atoms with Crippen LogP contribution in [-0.4, -0.2) is 25.1 Å². The molecule has 0 aliphatic carbocycles. The van der Waals surface area contributed by atoms with Crippen LogP contribution in [-0.2, 0) is 6.54 Å². The molecule has 0 radical (unpaired) electrons. The highest BCUT2D eigenvalue weighted by Gasteiger charge is 2.22. The zero-order valence-electron chi connectivity index (χ0n) is 16.6. The number of hydrogen-bond acceptors (Lipinski definition) is 5. The van der Waals surface area contributed by atoms with Gasteiger partial charge in [-0.15, -0.1) is 11.3 Å². The third-order valence-electron chi connectivity index (χ3n) is 5.60. The predicted octanol–water partition coefficient (Wildman–Crippen LogP) is 4.58. The third-order valence-corrected chi connectivity index (χ3v) is 6.64. The zero-order valence-corrected chi connectivity index (χ0v) is 17.4. The molecule has 1 aliphatic heterocycles. The first-order chi connectivity index (χ1) is 14.6. The van der Waals surface area contributed by atoms with Crippen molar-refractivity contribution in [3.8, 4) is 16.5 Å². The molecule has 0 fully saturated rings. The van der Waals surface area contributed by atoms with Crippen molar-refractivity contribution in [3.05, 3.63) is 81.6 Å². The van der Waals surface area contributed by atoms with Crippen molar-refractivity contribution in [3.63, 3.8) is 0 Å². The number of hydrogen-bond donors (Lipinski definition) is 1. The summed E-state index contributed by atoms with van der Waals surface area (Å²) in [7, 11) is 2.10. The van der Waals surface area contributed by atoms with E-state index < -0.39 is 0 Å². The van der Waals surface area contributed by atoms with Gasteiger partial charge in [-0.3, -0.25) is 4.79 Å². The van der Waals surface area contributed by atoms with Crippen molar-refractivity contribution in [1.29, 1.82) is 5.26 Å². The van der Waals surface area contributed by atoms with Gasteiger partial charge in [0.2, 0.25) is 0 Å². The molecule has 0 spiro atoms. The van der Waals surface area contributed by atoms with Crippen molar-refractivity contribution in [2.45, 2.75) is 6.54 Å². The Morgan fingerprint density at radius 2 is 1.93 bits per heavy atom. The van der Waals surface area contributed by atoms with Crippen molar-refractivity contribution in [2.24, 2.45) is 0 Å². The fraction of sp³-hybridized carbons (Fsp3) is 0.167. The first-order valence-electron chi connectivity index (χ1n) is 9.84. The summed E-state index contributed by atoms with van der Waals surface area (Å²) in [5.41, 5.74) is 4.27. The molecule has 3 heterocycles. The summed E-state index contributed by atoms with van der Waals surface area (Å²) in [5, 5.41) is 10.8. The van der Waals surface area contributed by atoms with E-state index in [4.69, 9.17) is 5.26 Å². The summed E-state index contributed by atoms with van der Waals surface area (Å²) in [6.07, 6.45) is 0. The maximum Gasteiger partial charge on any atom is 0.256 e. The Balaban J connectivity index is 1.53. The lowest BCUT2D eigenvalue weighted by molar-refractivity contribution is 0.725. The monoisotopic (exact) mass is 412 g/mol. The van der Waals surface area contributed by atoms with Crippen LogP contribution < -0.4 is 15.4 Å². The number of aromatic amines is 1. The van der Waals surface area contributed by atoms with E-state index >= 15 is 0 Å². The summed E-state index contributed by atoms with van der Waals surface area (Å²) in [5.74, 6) is 0. The SMILES string of the molecule is CN1CCN(Cc2cc3ccccc3c(=O)[nH]2)c2cc(-c3ccc(C#N)s3)ccc21. The molecule has 1 N–H and O–H groups in total. The van der Waals surface area contributed by atoms with E-state index in [0.717, 1.165) is 40.3 Å². The summed E-state index contributed by atoms with van der Waals surface area (Å²) >= 11 is 1.51. The van der Waals surface area contributed by atoms with E-state index in [1.165, 1.54) is 17.0 Å². The molecule has 0 saturated heterocycles. The highest BCUT2D eigenvalue weighted by atomic mass is 32.1. The van der Waals surface area contributed by atoms with Crippen molar-refractivity contribution < 1.29 is 0 Å². The lowest BCUT2D eigenvalue weighted by Crippen LogP contribution is -2.39. The number of H-pyrrole nitrogens is 1. The molecular weight excluding hydrogens is 392 g/mol. The number of nitrogens with one attached hydrogen (secondary N) is 1. The fourth-order valence-corrected chi connectivity index (χ4v) is 4.84. The summed E-state index contributed by atoms with van der Waals surface area (Å²) < 4.78 is 0. The molecule has 4 aromatic rings. The van der Waals surface area contributed by atoms with Crippen LogP contribution >= 0.6 is 11.3 Å². The van der Waals surface area contributed by atoms with Crippen LogP contribution in [0.5, 0.6) is 0 Å². The quantitative estimate of drug-likeness (QED) is 0.535. The van der Waals surface area contributed by atoms with Crippen LogP contribution in [0.2, 0.25) is 0 Å². The van der Waals surface area contributed by atoms with Gasteiger partial charge in [0, 0.05) is 36.1 Å². The van der Waals surface area contributed by atoms with Gasteiger partial charge in [0.15, 0.2) is 0 Å². The molecular formula is C24H20N4OS. The molecule has 1 aliphatic rings. The van der Waals surface area contributed by atoms with Crippen LogP contribution in [0.3, 0.4) is 0 Å². The number of likely N-dealkylation sites (N-methyl/N-ethyl adjacent to an activating group) is 1. The van der Waals surface area contributed by atoms with E-state index in [1.54, 1.807) is 0 Å². The predicted molar refractivity (Wildman–Crippen MR) is 123 cm³/mol. The van der Waals surface area contributed by atoms with Gasteiger partial charge in [0.05, 0.1) is 17.9 Å². The lowest BCUT2D eigenvalue weighted by Gasteiger charge is -2.37. The van der Waals surface area contributed by atoms with E-state index in [9.17, 15) is 4.79 Å². The summed E-state index contributed by atoms with van der Waals surface area (Å²) in [6.45, 7) is 2.43. The van der Waals surface area contributed by atoms with Crippen molar-refractivity contribution in [2.75, 3.05) is 29.9 Å². The Kier molecular flexibility index (Phi) is 4.53. The maximum absolute atomic E-state index is 12.5. The largest absolute Gasteiger partial charge is 0.371 e.